The van der Waals surface area contributed by atoms with Gasteiger partial charge in [-0.3, -0.25) is 4.79 Å². The zero-order valence-corrected chi connectivity index (χ0v) is 11.3. The van der Waals surface area contributed by atoms with E-state index in [4.69, 9.17) is 4.74 Å². The van der Waals surface area contributed by atoms with Crippen LogP contribution >= 0.6 is 0 Å². The number of ketones is 1. The second kappa shape index (κ2) is 5.00. The second-order valence-electron chi connectivity index (χ2n) is 4.84. The largest absolute Gasteiger partial charge is 0.508 e. The third-order valence-corrected chi connectivity index (χ3v) is 3.30. The average Bonchev–Trinajstić information content (AvgIpc) is 2.61. The smallest absolute Gasteiger partial charge is 0.174 e. The third kappa shape index (κ3) is 2.31. The first-order chi connectivity index (χ1) is 10.5. The molecule has 3 rings (SSSR count). The van der Waals surface area contributed by atoms with E-state index in [1.165, 1.54) is 30.3 Å². The van der Waals surface area contributed by atoms with E-state index < -0.39 is 0 Å². The van der Waals surface area contributed by atoms with Crippen molar-refractivity contribution >= 4 is 11.5 Å². The van der Waals surface area contributed by atoms with Crippen molar-refractivity contribution < 1.29 is 30.0 Å². The summed E-state index contributed by atoms with van der Waals surface area (Å²) in [4.78, 5) is 12.1. The Morgan fingerprint density at radius 1 is 0.909 bits per heavy atom. The Bertz CT molecular complexity index is 807. The maximum Gasteiger partial charge on any atom is 0.174 e. The highest BCUT2D eigenvalue weighted by Gasteiger charge is 2.23. The van der Waals surface area contributed by atoms with Crippen LogP contribution in [0.4, 0.5) is 0 Å². The molecule has 0 atom stereocenters. The molecule has 0 radical (unpaired) electrons. The van der Waals surface area contributed by atoms with Crippen LogP contribution in [0.5, 0.6) is 28.7 Å². The van der Waals surface area contributed by atoms with Gasteiger partial charge < -0.3 is 25.2 Å². The first-order valence-corrected chi connectivity index (χ1v) is 6.45. The van der Waals surface area contributed by atoms with Gasteiger partial charge in [-0.1, -0.05) is 0 Å². The van der Waals surface area contributed by atoms with Crippen molar-refractivity contribution in [1.82, 2.24) is 0 Å². The van der Waals surface area contributed by atoms with Crippen molar-refractivity contribution in [3.05, 3.63) is 47.5 Å². The van der Waals surface area contributed by atoms with Gasteiger partial charge in [-0.2, -0.15) is 0 Å². The molecule has 0 saturated heterocycles. The number of hydrogen-bond donors (Lipinski definition) is 4. The highest BCUT2D eigenvalue weighted by Crippen LogP contribution is 2.39. The van der Waals surface area contributed by atoms with Gasteiger partial charge in [0.2, 0.25) is 0 Å². The molecule has 2 aromatic rings. The number of carbonyl (C=O) groups is 1. The lowest BCUT2D eigenvalue weighted by atomic mass is 10.1. The number of phenols is 4. The fourth-order valence-corrected chi connectivity index (χ4v) is 2.25. The van der Waals surface area contributed by atoms with Crippen molar-refractivity contribution in [3.63, 3.8) is 0 Å². The van der Waals surface area contributed by atoms with Gasteiger partial charge in [0.25, 0.3) is 0 Å². The molecule has 6 heteroatoms. The predicted molar refractivity (Wildman–Crippen MR) is 77.1 cm³/mol. The van der Waals surface area contributed by atoms with Gasteiger partial charge in [0.15, 0.2) is 17.3 Å². The lowest BCUT2D eigenvalue weighted by molar-refractivity contribution is 0.0993. The molecule has 0 spiro atoms. The Balaban J connectivity index is 2.08. The molecule has 0 amide bonds. The molecule has 0 saturated carbocycles. The van der Waals surface area contributed by atoms with E-state index in [-0.39, 0.29) is 52.3 Å². The molecule has 2 aromatic carbocycles. The Morgan fingerprint density at radius 2 is 1.68 bits per heavy atom. The van der Waals surface area contributed by atoms with Crippen LogP contribution < -0.4 is 4.74 Å². The molecule has 0 fully saturated rings. The van der Waals surface area contributed by atoms with Crippen LogP contribution in [-0.4, -0.2) is 26.2 Å². The Hall–Kier alpha value is -3.15. The summed E-state index contributed by atoms with van der Waals surface area (Å²) in [6, 6.07) is 6.39. The van der Waals surface area contributed by atoms with Crippen molar-refractivity contribution in [1.29, 1.82) is 0 Å². The normalized spacial score (nSPS) is 13.8. The molecule has 0 bridgehead atoms. The molecule has 0 aliphatic carbocycles. The molecule has 0 aromatic heterocycles. The Labute approximate surface area is 125 Å². The molecule has 6 nitrogen and oxygen atoms in total. The van der Waals surface area contributed by atoms with Crippen molar-refractivity contribution in [3.8, 4) is 28.7 Å². The van der Waals surface area contributed by atoms with Crippen LogP contribution in [0.1, 0.15) is 22.3 Å². The van der Waals surface area contributed by atoms with Gasteiger partial charge >= 0.3 is 0 Å². The third-order valence-electron chi connectivity index (χ3n) is 3.30. The van der Waals surface area contributed by atoms with Gasteiger partial charge in [0, 0.05) is 24.1 Å². The SMILES string of the molecule is O=C1CC=C(c2ccc(O)c(O)c2)Oc2cc(O)cc(O)c21. The molecule has 112 valence electrons. The van der Waals surface area contributed by atoms with Crippen LogP contribution in [0.3, 0.4) is 0 Å². The minimum atomic E-state index is -0.358. The van der Waals surface area contributed by atoms with Crippen LogP contribution in [0.2, 0.25) is 0 Å². The summed E-state index contributed by atoms with van der Waals surface area (Å²) in [6.45, 7) is 0. The zero-order chi connectivity index (χ0) is 15.9. The lowest BCUT2D eigenvalue weighted by Gasteiger charge is -2.12. The standard InChI is InChI=1S/C16H12O6/c17-9-6-13(21)16-11(19)3-4-14(22-15(16)7-9)8-1-2-10(18)12(20)5-8/h1-2,4-7,17-18,20-21H,3H2. The molecule has 0 unspecified atom stereocenters. The number of hydrogen-bond acceptors (Lipinski definition) is 6. The average molecular weight is 300 g/mol. The van der Waals surface area contributed by atoms with Crippen LogP contribution in [0.25, 0.3) is 5.76 Å². The van der Waals surface area contributed by atoms with Crippen LogP contribution in [-0.2, 0) is 0 Å². The van der Waals surface area contributed by atoms with Gasteiger partial charge in [0.05, 0.1) is 0 Å². The summed E-state index contributed by atoms with van der Waals surface area (Å²) < 4.78 is 5.60. The molecule has 1 aliphatic rings. The molecular formula is C16H12O6. The Morgan fingerprint density at radius 3 is 2.41 bits per heavy atom. The van der Waals surface area contributed by atoms with E-state index in [9.17, 15) is 25.2 Å². The number of rotatable bonds is 1. The summed E-state index contributed by atoms with van der Waals surface area (Å²) in [5.41, 5.74) is 0.436. The van der Waals surface area contributed by atoms with E-state index in [1.54, 1.807) is 0 Å². The highest BCUT2D eigenvalue weighted by atomic mass is 16.5. The van der Waals surface area contributed by atoms with Gasteiger partial charge in [-0.05, 0) is 24.3 Å². The summed E-state index contributed by atoms with van der Waals surface area (Å²) in [6.07, 6.45) is 1.49. The van der Waals surface area contributed by atoms with Crippen LogP contribution in [0, 0.1) is 0 Å². The maximum atomic E-state index is 12.1. The van der Waals surface area contributed by atoms with Crippen molar-refractivity contribution in [2.45, 2.75) is 6.42 Å². The molecule has 1 aliphatic heterocycles. The fourth-order valence-electron chi connectivity index (χ4n) is 2.25. The number of carbonyl (C=O) groups excluding carboxylic acids is 1. The minimum absolute atomic E-state index is 0.00736. The van der Waals surface area contributed by atoms with Gasteiger partial charge in [-0.25, -0.2) is 0 Å². The van der Waals surface area contributed by atoms with E-state index in [1.807, 2.05) is 0 Å². The van der Waals surface area contributed by atoms with E-state index in [0.29, 0.717) is 5.56 Å². The highest BCUT2D eigenvalue weighted by molar-refractivity contribution is 6.03. The lowest BCUT2D eigenvalue weighted by Crippen LogP contribution is -1.99. The number of benzene rings is 2. The van der Waals surface area contributed by atoms with Gasteiger partial charge in [-0.15, -0.1) is 0 Å². The van der Waals surface area contributed by atoms with Crippen molar-refractivity contribution in [2.75, 3.05) is 0 Å². The topological polar surface area (TPSA) is 107 Å². The first-order valence-electron chi connectivity index (χ1n) is 6.45. The monoisotopic (exact) mass is 300 g/mol. The molecule has 1 heterocycles. The van der Waals surface area contributed by atoms with Crippen molar-refractivity contribution in [2.24, 2.45) is 0 Å². The quantitative estimate of drug-likeness (QED) is 0.603. The number of phenolic OH excluding ortho intramolecular Hbond substituents is 4. The maximum absolute atomic E-state index is 12.1. The summed E-state index contributed by atoms with van der Waals surface area (Å²) in [5.74, 6) is -1.25. The minimum Gasteiger partial charge on any atom is -0.508 e. The molecule has 22 heavy (non-hydrogen) atoms. The van der Waals surface area contributed by atoms with E-state index in [0.717, 1.165) is 6.07 Å². The second-order valence-corrected chi connectivity index (χ2v) is 4.84. The first kappa shape index (κ1) is 13.8. The number of aromatic hydroxyl groups is 4. The summed E-state index contributed by atoms with van der Waals surface area (Å²) >= 11 is 0. The van der Waals surface area contributed by atoms with E-state index in [2.05, 4.69) is 0 Å². The summed E-state index contributed by atoms with van der Waals surface area (Å²) in [5, 5.41) is 38.3. The summed E-state index contributed by atoms with van der Waals surface area (Å²) in [7, 11) is 0. The Kier molecular flexibility index (Phi) is 3.14. The number of ether oxygens (including phenoxy) is 1. The number of fused-ring (bicyclic) bond motifs is 1. The van der Waals surface area contributed by atoms with E-state index >= 15 is 0 Å². The number of Topliss-reactive ketones (excluding diaryl/α,β-unsaturated/α-hetero) is 1. The van der Waals surface area contributed by atoms with Crippen LogP contribution in [0.15, 0.2) is 36.4 Å². The fraction of sp³-hybridized carbons (Fsp3) is 0.0625. The molecular weight excluding hydrogens is 288 g/mol. The molecule has 4 N–H and O–H groups in total. The van der Waals surface area contributed by atoms with Gasteiger partial charge in [0.1, 0.15) is 28.6 Å². The number of allylic oxidation sites excluding steroid dienone is 1. The zero-order valence-electron chi connectivity index (χ0n) is 11.3. The predicted octanol–water partition coefficient (Wildman–Crippen LogP) is 2.52.